The summed E-state index contributed by atoms with van der Waals surface area (Å²) in [5, 5.41) is 60.3. The number of ketones is 1. The molecule has 6 unspecified atom stereocenters. The second kappa shape index (κ2) is 7.89. The Morgan fingerprint density at radius 2 is 1.68 bits per heavy atom. The highest BCUT2D eigenvalue weighted by molar-refractivity contribution is 6.03. The molecule has 0 bridgehead atoms. The van der Waals surface area contributed by atoms with Gasteiger partial charge in [0.25, 0.3) is 0 Å². The lowest BCUT2D eigenvalue weighted by atomic mass is 9.95. The number of Topliss-reactive ketones (excluding diaryl/α,β-unsaturated/α-hetero) is 1. The maximum Gasteiger partial charge on any atom is 0.229 e. The van der Waals surface area contributed by atoms with Gasteiger partial charge in [-0.25, -0.2) is 0 Å². The summed E-state index contributed by atoms with van der Waals surface area (Å²) in [5.74, 6) is -2.20. The summed E-state index contributed by atoms with van der Waals surface area (Å²) < 4.78 is 16.6. The Labute approximate surface area is 176 Å². The summed E-state index contributed by atoms with van der Waals surface area (Å²) in [5.41, 5.74) is 0.354. The van der Waals surface area contributed by atoms with E-state index < -0.39 is 54.1 Å². The number of phenolic OH excluding ortho intramolecular Hbond substituents is 3. The summed E-state index contributed by atoms with van der Waals surface area (Å²) >= 11 is 0. The number of hydrogen-bond donors (Lipinski definition) is 6. The molecule has 4 rings (SSSR count). The van der Waals surface area contributed by atoms with Crippen LogP contribution < -0.4 is 9.47 Å². The molecule has 6 N–H and O–H groups in total. The van der Waals surface area contributed by atoms with Crippen LogP contribution in [-0.4, -0.2) is 67.1 Å². The number of aliphatic hydroxyl groups is 3. The van der Waals surface area contributed by atoms with E-state index in [9.17, 15) is 35.4 Å². The molecule has 0 amide bonds. The van der Waals surface area contributed by atoms with E-state index in [2.05, 4.69) is 0 Å². The normalized spacial score (nSPS) is 30.4. The van der Waals surface area contributed by atoms with E-state index in [4.69, 9.17) is 14.2 Å². The first-order valence-electron chi connectivity index (χ1n) is 9.61. The molecule has 2 aliphatic rings. The van der Waals surface area contributed by atoms with Crippen molar-refractivity contribution in [2.24, 2.45) is 0 Å². The third kappa shape index (κ3) is 3.74. The van der Waals surface area contributed by atoms with Crippen LogP contribution in [0.4, 0.5) is 0 Å². The van der Waals surface area contributed by atoms with Gasteiger partial charge in [-0.2, -0.15) is 0 Å². The van der Waals surface area contributed by atoms with Crippen LogP contribution in [0.25, 0.3) is 0 Å². The number of ether oxygens (including phenoxy) is 3. The van der Waals surface area contributed by atoms with Crippen LogP contribution in [0, 0.1) is 0 Å². The van der Waals surface area contributed by atoms with Crippen molar-refractivity contribution in [1.29, 1.82) is 0 Å². The third-order valence-electron chi connectivity index (χ3n) is 5.43. The fourth-order valence-corrected chi connectivity index (χ4v) is 3.65. The van der Waals surface area contributed by atoms with Crippen molar-refractivity contribution in [3.8, 4) is 28.7 Å². The highest BCUT2D eigenvalue weighted by atomic mass is 16.7. The van der Waals surface area contributed by atoms with Gasteiger partial charge in [0.05, 0.1) is 12.5 Å². The number of rotatable bonds is 3. The molecule has 0 radical (unpaired) electrons. The molecule has 10 nitrogen and oxygen atoms in total. The van der Waals surface area contributed by atoms with Crippen molar-refractivity contribution in [2.45, 2.75) is 50.2 Å². The Bertz CT molecular complexity index is 989. The van der Waals surface area contributed by atoms with Crippen molar-refractivity contribution in [3.05, 3.63) is 41.5 Å². The Balaban J connectivity index is 1.66. The van der Waals surface area contributed by atoms with E-state index in [0.29, 0.717) is 5.56 Å². The van der Waals surface area contributed by atoms with Crippen LogP contribution in [0.15, 0.2) is 30.3 Å². The van der Waals surface area contributed by atoms with Crippen molar-refractivity contribution >= 4 is 5.78 Å². The summed E-state index contributed by atoms with van der Waals surface area (Å²) in [6, 6.07) is 6.97. The van der Waals surface area contributed by atoms with Gasteiger partial charge >= 0.3 is 0 Å². The third-order valence-corrected chi connectivity index (χ3v) is 5.43. The highest BCUT2D eigenvalue weighted by Gasteiger charge is 2.44. The van der Waals surface area contributed by atoms with Gasteiger partial charge in [0.2, 0.25) is 12.0 Å². The molecule has 0 aromatic heterocycles. The maximum atomic E-state index is 12.6. The average molecular weight is 434 g/mol. The van der Waals surface area contributed by atoms with Crippen molar-refractivity contribution in [2.75, 3.05) is 0 Å². The number of benzene rings is 2. The van der Waals surface area contributed by atoms with Crippen LogP contribution >= 0.6 is 0 Å². The quantitative estimate of drug-likeness (QED) is 0.379. The van der Waals surface area contributed by atoms with Gasteiger partial charge in [0.15, 0.2) is 17.3 Å². The Kier molecular flexibility index (Phi) is 5.40. The number of fused-ring (bicyclic) bond motifs is 1. The zero-order chi connectivity index (χ0) is 22.4. The molecule has 2 aromatic rings. The minimum atomic E-state index is -1.64. The highest BCUT2D eigenvalue weighted by Crippen LogP contribution is 2.50. The first-order chi connectivity index (χ1) is 14.7. The standard InChI is InChI=1S/C21H22O10/c1-8-16(25)18(27)19(28)21(29-8)31-14-7-12(24)15-11(23)6-13(30-20(15)17(14)26)9-2-4-10(22)5-3-9/h2-5,7-8,13,16,18-19,21-22,24-28H,6H2,1H3. The zero-order valence-electron chi connectivity index (χ0n) is 16.4. The Morgan fingerprint density at radius 3 is 2.35 bits per heavy atom. The number of hydrogen-bond acceptors (Lipinski definition) is 10. The van der Waals surface area contributed by atoms with E-state index in [0.717, 1.165) is 6.07 Å². The van der Waals surface area contributed by atoms with Gasteiger partial charge in [0.1, 0.15) is 41.5 Å². The number of phenols is 3. The minimum absolute atomic E-state index is 0.0371. The first kappa shape index (κ1) is 21.2. The van der Waals surface area contributed by atoms with E-state index in [1.54, 1.807) is 12.1 Å². The Hall–Kier alpha value is -3.05. The van der Waals surface area contributed by atoms with Gasteiger partial charge in [-0.05, 0) is 24.6 Å². The molecule has 31 heavy (non-hydrogen) atoms. The molecule has 10 heteroatoms. The van der Waals surface area contributed by atoms with Gasteiger partial charge in [-0.3, -0.25) is 4.79 Å². The maximum absolute atomic E-state index is 12.6. The molecule has 2 aliphatic heterocycles. The SMILES string of the molecule is CC1OC(Oc2cc(O)c3c(c2O)OC(c2ccc(O)cc2)CC3=O)C(O)C(O)C1O. The lowest BCUT2D eigenvalue weighted by Gasteiger charge is -2.39. The van der Waals surface area contributed by atoms with Gasteiger partial charge in [0, 0.05) is 6.07 Å². The lowest BCUT2D eigenvalue weighted by molar-refractivity contribution is -0.268. The smallest absolute Gasteiger partial charge is 0.229 e. The van der Waals surface area contributed by atoms with Crippen LogP contribution in [0.5, 0.6) is 28.7 Å². The average Bonchev–Trinajstić information content (AvgIpc) is 2.74. The van der Waals surface area contributed by atoms with Crippen molar-refractivity contribution < 1.29 is 49.6 Å². The van der Waals surface area contributed by atoms with E-state index in [1.165, 1.54) is 19.1 Å². The molecule has 1 fully saturated rings. The predicted molar refractivity (Wildman–Crippen MR) is 103 cm³/mol. The van der Waals surface area contributed by atoms with Gasteiger partial charge < -0.3 is 44.8 Å². The molecular formula is C21H22O10. The van der Waals surface area contributed by atoms with Crippen LogP contribution in [-0.2, 0) is 4.74 Å². The summed E-state index contributed by atoms with van der Waals surface area (Å²) in [6.45, 7) is 1.46. The molecule has 2 heterocycles. The topological polar surface area (TPSA) is 166 Å². The molecular weight excluding hydrogens is 412 g/mol. The lowest BCUT2D eigenvalue weighted by Crippen LogP contribution is -2.58. The number of aliphatic hydroxyl groups excluding tert-OH is 3. The molecule has 0 aliphatic carbocycles. The van der Waals surface area contributed by atoms with Crippen LogP contribution in [0.2, 0.25) is 0 Å². The molecule has 166 valence electrons. The van der Waals surface area contributed by atoms with E-state index in [-0.39, 0.29) is 29.2 Å². The molecule has 0 saturated carbocycles. The summed E-state index contributed by atoms with van der Waals surface area (Å²) in [4.78, 5) is 12.6. The van der Waals surface area contributed by atoms with Crippen LogP contribution in [0.1, 0.15) is 35.4 Å². The first-order valence-corrected chi connectivity index (χ1v) is 9.61. The van der Waals surface area contributed by atoms with Gasteiger partial charge in [-0.1, -0.05) is 12.1 Å². The Morgan fingerprint density at radius 1 is 1.00 bits per heavy atom. The summed E-state index contributed by atoms with van der Waals surface area (Å²) in [6.07, 6.45) is -7.77. The molecule has 1 saturated heterocycles. The second-order valence-electron chi connectivity index (χ2n) is 7.57. The molecule has 2 aromatic carbocycles. The molecule has 6 atom stereocenters. The van der Waals surface area contributed by atoms with Crippen molar-refractivity contribution in [3.63, 3.8) is 0 Å². The largest absolute Gasteiger partial charge is 0.508 e. The van der Waals surface area contributed by atoms with Gasteiger partial charge in [-0.15, -0.1) is 0 Å². The predicted octanol–water partition coefficient (Wildman–Crippen LogP) is 0.716. The second-order valence-corrected chi connectivity index (χ2v) is 7.57. The van der Waals surface area contributed by atoms with Crippen molar-refractivity contribution in [1.82, 2.24) is 0 Å². The zero-order valence-corrected chi connectivity index (χ0v) is 16.4. The fraction of sp³-hybridized carbons (Fsp3) is 0.381. The number of carbonyl (C=O) groups is 1. The fourth-order valence-electron chi connectivity index (χ4n) is 3.65. The molecule has 0 spiro atoms. The van der Waals surface area contributed by atoms with Crippen LogP contribution in [0.3, 0.4) is 0 Å². The number of aromatic hydroxyl groups is 3. The minimum Gasteiger partial charge on any atom is -0.508 e. The number of carbonyl (C=O) groups excluding carboxylic acids is 1. The van der Waals surface area contributed by atoms with E-state index >= 15 is 0 Å². The monoisotopic (exact) mass is 434 g/mol. The van der Waals surface area contributed by atoms with E-state index in [1.807, 2.05) is 0 Å². The summed E-state index contributed by atoms with van der Waals surface area (Å²) in [7, 11) is 0.